The summed E-state index contributed by atoms with van der Waals surface area (Å²) in [4.78, 5) is 0. The summed E-state index contributed by atoms with van der Waals surface area (Å²) in [5.74, 6) is 0. The lowest BCUT2D eigenvalue weighted by molar-refractivity contribution is 0.0725. The number of rotatable bonds is 7. The molecule has 1 heterocycles. The van der Waals surface area contributed by atoms with Crippen molar-refractivity contribution < 1.29 is 13.2 Å². The van der Waals surface area contributed by atoms with E-state index < -0.39 is 10.2 Å². The third kappa shape index (κ3) is 4.75. The number of nitrogens with zero attached hydrogens (tertiary/aromatic N) is 1. The summed E-state index contributed by atoms with van der Waals surface area (Å²) >= 11 is 0. The summed E-state index contributed by atoms with van der Waals surface area (Å²) in [5, 5.41) is 0. The molecule has 0 amide bonds. The van der Waals surface area contributed by atoms with Gasteiger partial charge in [0.1, 0.15) is 0 Å². The van der Waals surface area contributed by atoms with Gasteiger partial charge in [0.15, 0.2) is 0 Å². The zero-order valence-corrected chi connectivity index (χ0v) is 10.3. The Hall–Kier alpha value is -0.210. The third-order valence-electron chi connectivity index (χ3n) is 2.48. The van der Waals surface area contributed by atoms with Gasteiger partial charge in [-0.05, 0) is 19.4 Å². The Labute approximate surface area is 97.3 Å². The normalized spacial score (nSPS) is 18.8. The maximum absolute atomic E-state index is 11.8. The van der Waals surface area contributed by atoms with Gasteiger partial charge in [-0.1, -0.05) is 6.42 Å². The van der Waals surface area contributed by atoms with Gasteiger partial charge in [-0.3, -0.25) is 0 Å². The molecule has 0 spiro atoms. The number of ether oxygens (including phenoxy) is 1. The van der Waals surface area contributed by atoms with E-state index in [2.05, 4.69) is 4.72 Å². The van der Waals surface area contributed by atoms with Gasteiger partial charge in [0.2, 0.25) is 0 Å². The van der Waals surface area contributed by atoms with Crippen LogP contribution in [0, 0.1) is 0 Å². The maximum atomic E-state index is 11.8. The van der Waals surface area contributed by atoms with Crippen molar-refractivity contribution in [1.29, 1.82) is 0 Å². The van der Waals surface area contributed by atoms with E-state index in [9.17, 15) is 8.42 Å². The first-order valence-electron chi connectivity index (χ1n) is 5.69. The van der Waals surface area contributed by atoms with Crippen molar-refractivity contribution in [3.63, 3.8) is 0 Å². The summed E-state index contributed by atoms with van der Waals surface area (Å²) in [5.41, 5.74) is 5.35. The maximum Gasteiger partial charge on any atom is 0.279 e. The van der Waals surface area contributed by atoms with E-state index in [0.717, 1.165) is 19.3 Å². The average Bonchev–Trinajstić information content (AvgIpc) is 2.30. The molecule has 0 unspecified atom stereocenters. The molecule has 1 fully saturated rings. The summed E-state index contributed by atoms with van der Waals surface area (Å²) in [6.07, 6.45) is 2.74. The highest BCUT2D eigenvalue weighted by atomic mass is 32.2. The van der Waals surface area contributed by atoms with E-state index in [0.29, 0.717) is 39.4 Å². The second-order valence-corrected chi connectivity index (χ2v) is 5.52. The smallest absolute Gasteiger partial charge is 0.279 e. The van der Waals surface area contributed by atoms with Crippen LogP contribution in [-0.4, -0.2) is 52.1 Å². The van der Waals surface area contributed by atoms with Crippen LogP contribution in [0.3, 0.4) is 0 Å². The quantitative estimate of drug-likeness (QED) is 0.585. The van der Waals surface area contributed by atoms with E-state index in [1.807, 2.05) is 0 Å². The molecule has 0 aromatic rings. The Morgan fingerprint density at radius 3 is 2.50 bits per heavy atom. The molecule has 16 heavy (non-hydrogen) atoms. The average molecular weight is 251 g/mol. The summed E-state index contributed by atoms with van der Waals surface area (Å²) in [6.45, 7) is 2.99. The summed E-state index contributed by atoms with van der Waals surface area (Å²) in [6, 6.07) is 0. The van der Waals surface area contributed by atoms with Gasteiger partial charge in [0, 0.05) is 19.6 Å². The van der Waals surface area contributed by atoms with E-state index in [1.165, 1.54) is 4.31 Å². The Morgan fingerprint density at radius 1 is 1.19 bits per heavy atom. The summed E-state index contributed by atoms with van der Waals surface area (Å²) < 4.78 is 32.6. The molecule has 96 valence electrons. The molecule has 6 nitrogen and oxygen atoms in total. The van der Waals surface area contributed by atoms with Crippen LogP contribution in [0.5, 0.6) is 0 Å². The van der Waals surface area contributed by atoms with Crippen molar-refractivity contribution in [3.05, 3.63) is 0 Å². The zero-order valence-electron chi connectivity index (χ0n) is 9.52. The van der Waals surface area contributed by atoms with Crippen LogP contribution in [0.2, 0.25) is 0 Å². The van der Waals surface area contributed by atoms with Crippen molar-refractivity contribution in [2.45, 2.75) is 19.3 Å². The first kappa shape index (κ1) is 13.9. The highest BCUT2D eigenvalue weighted by Gasteiger charge is 2.23. The Morgan fingerprint density at radius 2 is 1.88 bits per heavy atom. The van der Waals surface area contributed by atoms with Crippen LogP contribution in [-0.2, 0) is 14.9 Å². The molecule has 0 aromatic carbocycles. The molecule has 1 rings (SSSR count). The van der Waals surface area contributed by atoms with Gasteiger partial charge in [0.05, 0.1) is 13.2 Å². The van der Waals surface area contributed by atoms with Crippen LogP contribution in [0.15, 0.2) is 0 Å². The molecule has 1 aliphatic heterocycles. The van der Waals surface area contributed by atoms with Crippen LogP contribution < -0.4 is 10.5 Å². The highest BCUT2D eigenvalue weighted by molar-refractivity contribution is 7.87. The molecular weight excluding hydrogens is 230 g/mol. The number of nitrogens with two attached hydrogens (primary N) is 1. The monoisotopic (exact) mass is 251 g/mol. The Bertz CT molecular complexity index is 276. The molecule has 7 heteroatoms. The second kappa shape index (κ2) is 7.18. The number of morpholine rings is 1. The summed E-state index contributed by atoms with van der Waals surface area (Å²) in [7, 11) is -3.30. The molecule has 0 atom stereocenters. The fourth-order valence-corrected chi connectivity index (χ4v) is 2.74. The molecule has 0 radical (unpaired) electrons. The highest BCUT2D eigenvalue weighted by Crippen LogP contribution is 2.03. The molecule has 0 bridgehead atoms. The number of hydrogen-bond donors (Lipinski definition) is 2. The van der Waals surface area contributed by atoms with Gasteiger partial charge >= 0.3 is 0 Å². The van der Waals surface area contributed by atoms with E-state index >= 15 is 0 Å². The van der Waals surface area contributed by atoms with E-state index in [4.69, 9.17) is 10.5 Å². The van der Waals surface area contributed by atoms with Gasteiger partial charge < -0.3 is 10.5 Å². The molecule has 0 saturated carbocycles. The predicted octanol–water partition coefficient (Wildman–Crippen LogP) is -0.718. The first-order valence-corrected chi connectivity index (χ1v) is 7.13. The third-order valence-corrected chi connectivity index (χ3v) is 4.09. The van der Waals surface area contributed by atoms with E-state index in [1.54, 1.807) is 0 Å². The van der Waals surface area contributed by atoms with Crippen molar-refractivity contribution in [2.24, 2.45) is 5.73 Å². The molecule has 1 saturated heterocycles. The number of nitrogens with one attached hydrogen (secondary N) is 1. The molecule has 1 aliphatic rings. The minimum absolute atomic E-state index is 0.443. The molecular formula is C9H21N3O3S. The Kier molecular flexibility index (Phi) is 6.22. The van der Waals surface area contributed by atoms with Crippen molar-refractivity contribution in [2.75, 3.05) is 39.4 Å². The minimum Gasteiger partial charge on any atom is -0.379 e. The standard InChI is InChI=1S/C9H21N3O3S/c10-4-2-1-3-5-11-16(13,14)12-6-8-15-9-7-12/h11H,1-10H2. The minimum atomic E-state index is -3.30. The van der Waals surface area contributed by atoms with Gasteiger partial charge in [-0.2, -0.15) is 12.7 Å². The lowest BCUT2D eigenvalue weighted by Crippen LogP contribution is -2.46. The van der Waals surface area contributed by atoms with Crippen LogP contribution in [0.25, 0.3) is 0 Å². The van der Waals surface area contributed by atoms with Crippen molar-refractivity contribution >= 4 is 10.2 Å². The topological polar surface area (TPSA) is 84.7 Å². The van der Waals surface area contributed by atoms with Crippen LogP contribution in [0.1, 0.15) is 19.3 Å². The van der Waals surface area contributed by atoms with Gasteiger partial charge in [-0.25, -0.2) is 4.72 Å². The lowest BCUT2D eigenvalue weighted by atomic mass is 10.2. The first-order chi connectivity index (χ1) is 7.67. The van der Waals surface area contributed by atoms with Crippen molar-refractivity contribution in [3.8, 4) is 0 Å². The van der Waals surface area contributed by atoms with Crippen LogP contribution in [0.4, 0.5) is 0 Å². The van der Waals surface area contributed by atoms with Gasteiger partial charge in [-0.15, -0.1) is 0 Å². The van der Waals surface area contributed by atoms with Gasteiger partial charge in [0.25, 0.3) is 10.2 Å². The van der Waals surface area contributed by atoms with Crippen molar-refractivity contribution in [1.82, 2.24) is 9.03 Å². The molecule has 3 N–H and O–H groups in total. The second-order valence-electron chi connectivity index (χ2n) is 3.76. The fraction of sp³-hybridized carbons (Fsp3) is 1.00. The molecule has 0 aromatic heterocycles. The SMILES string of the molecule is NCCCCCNS(=O)(=O)N1CCOCC1. The zero-order chi connectivity index (χ0) is 11.9. The fourth-order valence-electron chi connectivity index (χ4n) is 1.53. The van der Waals surface area contributed by atoms with Crippen LogP contribution >= 0.6 is 0 Å². The largest absolute Gasteiger partial charge is 0.379 e. The Balaban J connectivity index is 2.22. The lowest BCUT2D eigenvalue weighted by Gasteiger charge is -2.26. The number of hydrogen-bond acceptors (Lipinski definition) is 4. The number of unbranched alkanes of at least 4 members (excludes halogenated alkanes) is 2. The van der Waals surface area contributed by atoms with E-state index in [-0.39, 0.29) is 0 Å². The predicted molar refractivity (Wildman–Crippen MR) is 62.2 cm³/mol. The molecule has 0 aliphatic carbocycles.